The molecule has 4 aromatic rings. The molecule has 0 saturated carbocycles. The Morgan fingerprint density at radius 1 is 0.480 bits per heavy atom. The fourth-order valence-electron chi connectivity index (χ4n) is 4.40. The molecule has 0 radical (unpaired) electrons. The van der Waals surface area contributed by atoms with Gasteiger partial charge in [0.2, 0.25) is 0 Å². The van der Waals surface area contributed by atoms with Crippen LogP contribution >= 0.6 is 0 Å². The van der Waals surface area contributed by atoms with Gasteiger partial charge < -0.3 is 22.1 Å². The summed E-state index contributed by atoms with van der Waals surface area (Å²) < 4.78 is 135. The van der Waals surface area contributed by atoms with E-state index in [1.54, 1.807) is 0 Å². The predicted octanol–water partition coefficient (Wildman–Crippen LogP) is 2.51. The van der Waals surface area contributed by atoms with Crippen molar-refractivity contribution in [3.05, 3.63) is 95.1 Å². The second-order valence-corrected chi connectivity index (χ2v) is 15.7. The van der Waals surface area contributed by atoms with Crippen molar-refractivity contribution >= 4 is 87.2 Å². The van der Waals surface area contributed by atoms with E-state index >= 15 is 0 Å². The monoisotopic (exact) mass is 768 g/mol. The van der Waals surface area contributed by atoms with Crippen LogP contribution in [0.15, 0.2) is 92.4 Å². The van der Waals surface area contributed by atoms with E-state index < -0.39 is 83.0 Å². The number of anilines is 4. The topological polar surface area (TPSA) is 328 Å². The van der Waals surface area contributed by atoms with Gasteiger partial charge in [0.15, 0.2) is 0 Å². The lowest BCUT2D eigenvalue weighted by molar-refractivity contribution is 0.101. The maximum absolute atomic E-state index is 12.8. The summed E-state index contributed by atoms with van der Waals surface area (Å²) in [6.45, 7) is 0. The van der Waals surface area contributed by atoms with Gasteiger partial charge in [-0.25, -0.2) is 0 Å². The van der Waals surface area contributed by atoms with Crippen LogP contribution in [0.25, 0.3) is 12.2 Å². The number of benzene rings is 4. The first-order valence-electron chi connectivity index (χ1n) is 13.2. The SMILES string of the molecule is Nc1ccc(C(=O)Nc2ccc(/C=C/c3ccc(NC(=O)c4ccc(N)cc4S(=O)(=O)O)cc3S(=O)(=O)O)c(S(=O)(=O)O)c2)c(S(=O)(=O)O)c1. The summed E-state index contributed by atoms with van der Waals surface area (Å²) in [5.74, 6) is -2.23. The number of hydrogen-bond acceptors (Lipinski definition) is 12. The van der Waals surface area contributed by atoms with Crippen LogP contribution in [0.4, 0.5) is 22.7 Å². The number of carbonyl (C=O) groups is 2. The average molecular weight is 769 g/mol. The minimum atomic E-state index is -5.04. The largest absolute Gasteiger partial charge is 0.399 e. The van der Waals surface area contributed by atoms with Crippen LogP contribution in [0.5, 0.6) is 0 Å². The fraction of sp³-hybridized carbons (Fsp3) is 0. The fourth-order valence-corrected chi connectivity index (χ4v) is 7.27. The molecule has 2 amide bonds. The summed E-state index contributed by atoms with van der Waals surface area (Å²) in [7, 11) is -19.9. The van der Waals surface area contributed by atoms with Crippen molar-refractivity contribution in [3.63, 3.8) is 0 Å². The molecule has 264 valence electrons. The highest BCUT2D eigenvalue weighted by molar-refractivity contribution is 7.86. The number of nitrogens with two attached hydrogens (primary N) is 2. The van der Waals surface area contributed by atoms with Crippen molar-refractivity contribution < 1.29 is 61.5 Å². The quantitative estimate of drug-likeness (QED) is 0.0652. The van der Waals surface area contributed by atoms with Crippen molar-refractivity contribution in [2.24, 2.45) is 0 Å². The zero-order chi connectivity index (χ0) is 37.4. The first-order valence-corrected chi connectivity index (χ1v) is 19.0. The minimum Gasteiger partial charge on any atom is -0.399 e. The van der Waals surface area contributed by atoms with Gasteiger partial charge in [0.1, 0.15) is 19.6 Å². The average Bonchev–Trinajstić information content (AvgIpc) is 2.98. The Balaban J connectivity index is 1.68. The maximum Gasteiger partial charge on any atom is 0.295 e. The Kier molecular flexibility index (Phi) is 10.2. The third kappa shape index (κ3) is 8.87. The molecular weight excluding hydrogens is 745 g/mol. The van der Waals surface area contributed by atoms with Gasteiger partial charge in [-0.15, -0.1) is 0 Å². The molecule has 0 unspecified atom stereocenters. The first-order chi connectivity index (χ1) is 22.9. The maximum atomic E-state index is 12.8. The molecule has 0 bridgehead atoms. The van der Waals surface area contributed by atoms with E-state index in [0.29, 0.717) is 0 Å². The number of amides is 2. The summed E-state index contributed by atoms with van der Waals surface area (Å²) in [6.07, 6.45) is 2.03. The molecule has 0 saturated heterocycles. The summed E-state index contributed by atoms with van der Waals surface area (Å²) in [5, 5.41) is 4.45. The zero-order valence-corrected chi connectivity index (χ0v) is 28.0. The molecule has 0 aliphatic carbocycles. The third-order valence-electron chi connectivity index (χ3n) is 6.60. The van der Waals surface area contributed by atoms with Gasteiger partial charge in [0.05, 0.1) is 11.1 Å². The normalized spacial score (nSPS) is 12.5. The van der Waals surface area contributed by atoms with Gasteiger partial charge in [0, 0.05) is 22.7 Å². The van der Waals surface area contributed by atoms with E-state index in [1.165, 1.54) is 12.1 Å². The lowest BCUT2D eigenvalue weighted by Gasteiger charge is -2.12. The number of hydrogen-bond donors (Lipinski definition) is 8. The van der Waals surface area contributed by atoms with Crippen LogP contribution in [-0.2, 0) is 40.5 Å². The highest BCUT2D eigenvalue weighted by Crippen LogP contribution is 2.28. The molecule has 0 heterocycles. The number of nitrogen functional groups attached to an aromatic ring is 2. The van der Waals surface area contributed by atoms with Crippen molar-refractivity contribution in [2.75, 3.05) is 22.1 Å². The Morgan fingerprint density at radius 3 is 1.10 bits per heavy atom. The lowest BCUT2D eigenvalue weighted by atomic mass is 10.1. The molecule has 4 rings (SSSR count). The van der Waals surface area contributed by atoms with Gasteiger partial charge in [-0.2, -0.15) is 33.7 Å². The first kappa shape index (κ1) is 37.6. The van der Waals surface area contributed by atoms with E-state index in [9.17, 15) is 61.5 Å². The summed E-state index contributed by atoms with van der Waals surface area (Å²) in [4.78, 5) is 22.4. The van der Waals surface area contributed by atoms with Crippen molar-refractivity contribution in [1.82, 2.24) is 0 Å². The van der Waals surface area contributed by atoms with Crippen LogP contribution in [0, 0.1) is 0 Å². The number of carbonyl (C=O) groups excluding carboxylic acids is 2. The molecule has 0 aliphatic heterocycles. The van der Waals surface area contributed by atoms with Crippen LogP contribution < -0.4 is 22.1 Å². The molecule has 10 N–H and O–H groups in total. The second kappa shape index (κ2) is 13.6. The smallest absolute Gasteiger partial charge is 0.295 e. The van der Waals surface area contributed by atoms with Crippen molar-refractivity contribution in [1.29, 1.82) is 0 Å². The highest BCUT2D eigenvalue weighted by Gasteiger charge is 2.24. The van der Waals surface area contributed by atoms with E-state index in [4.69, 9.17) is 11.5 Å². The molecule has 4 aromatic carbocycles. The standard InChI is InChI=1S/C28H24N4O14S4/c29-17-5-9-21(25(11-17)49(41,42)43)27(33)31-19-7-3-15(23(13-19)47(35,36)37)1-2-16-4-8-20(14-24(16)48(38,39)40)32-28(34)22-10-6-18(30)12-26(22)50(44,45)46/h1-14H,29-30H2,(H,31,33)(H,32,34)(H,35,36,37)(H,38,39,40)(H,41,42,43)(H,44,45,46)/b2-1+. The van der Waals surface area contributed by atoms with Gasteiger partial charge >= 0.3 is 0 Å². The Labute approximate surface area is 284 Å². The van der Waals surface area contributed by atoms with Crippen LogP contribution in [0.1, 0.15) is 31.8 Å². The van der Waals surface area contributed by atoms with E-state index in [-0.39, 0.29) is 33.9 Å². The molecule has 0 atom stereocenters. The number of rotatable bonds is 10. The molecule has 0 aromatic heterocycles. The Hall–Kier alpha value is -5.20. The molecular formula is C28H24N4O14S4. The molecule has 22 heteroatoms. The number of nitrogens with one attached hydrogen (secondary N) is 2. The summed E-state index contributed by atoms with van der Waals surface area (Å²) >= 11 is 0. The highest BCUT2D eigenvalue weighted by atomic mass is 32.2. The molecule has 0 aliphatic rings. The third-order valence-corrected chi connectivity index (χ3v) is 10.2. The van der Waals surface area contributed by atoms with E-state index in [0.717, 1.165) is 72.8 Å². The minimum absolute atomic E-state index is 0.0945. The van der Waals surface area contributed by atoms with Crippen LogP contribution in [-0.4, -0.2) is 63.7 Å². The lowest BCUT2D eigenvalue weighted by Crippen LogP contribution is -2.17. The second-order valence-electron chi connectivity index (χ2n) is 10.2. The van der Waals surface area contributed by atoms with Gasteiger partial charge in [-0.1, -0.05) is 24.3 Å². The van der Waals surface area contributed by atoms with Crippen molar-refractivity contribution in [2.45, 2.75) is 19.6 Å². The molecule has 18 nitrogen and oxygen atoms in total. The van der Waals surface area contributed by atoms with Crippen LogP contribution in [0.2, 0.25) is 0 Å². The molecule has 0 fully saturated rings. The van der Waals surface area contributed by atoms with Crippen LogP contribution in [0.3, 0.4) is 0 Å². The van der Waals surface area contributed by atoms with E-state index in [2.05, 4.69) is 10.6 Å². The Bertz CT molecular complexity index is 2380. The van der Waals surface area contributed by atoms with Gasteiger partial charge in [-0.05, 0) is 71.8 Å². The van der Waals surface area contributed by atoms with Gasteiger partial charge in [-0.3, -0.25) is 27.8 Å². The Morgan fingerprint density at radius 2 is 0.800 bits per heavy atom. The summed E-state index contributed by atoms with van der Waals surface area (Å²) in [6, 6.07) is 12.0. The zero-order valence-electron chi connectivity index (χ0n) is 24.7. The molecule has 50 heavy (non-hydrogen) atoms. The van der Waals surface area contributed by atoms with E-state index in [1.807, 2.05) is 0 Å². The van der Waals surface area contributed by atoms with Crippen molar-refractivity contribution in [3.8, 4) is 0 Å². The predicted molar refractivity (Wildman–Crippen MR) is 179 cm³/mol. The molecule has 0 spiro atoms. The summed E-state index contributed by atoms with van der Waals surface area (Å²) in [5.41, 5.74) is 8.70. The van der Waals surface area contributed by atoms with Gasteiger partial charge in [0.25, 0.3) is 52.3 Å².